The molecule has 1 amide bonds. The predicted molar refractivity (Wildman–Crippen MR) is 80.4 cm³/mol. The molecule has 112 valence electrons. The van der Waals surface area contributed by atoms with Crippen molar-refractivity contribution in [2.75, 3.05) is 6.54 Å². The Morgan fingerprint density at radius 1 is 1.50 bits per heavy atom. The number of amides is 1. The average molecular weight is 301 g/mol. The Morgan fingerprint density at radius 2 is 2.25 bits per heavy atom. The summed E-state index contributed by atoms with van der Waals surface area (Å²) in [6.07, 6.45) is 3.36. The molecule has 1 aromatic rings. The molecular formula is C15H22ClFN2O. The van der Waals surface area contributed by atoms with E-state index < -0.39 is 0 Å². The van der Waals surface area contributed by atoms with Gasteiger partial charge in [0.25, 0.3) is 0 Å². The molecule has 2 rings (SSSR count). The number of halogens is 2. The summed E-state index contributed by atoms with van der Waals surface area (Å²) in [4.78, 5) is 14.2. The first-order valence-electron chi connectivity index (χ1n) is 6.87. The van der Waals surface area contributed by atoms with Gasteiger partial charge in [0.2, 0.25) is 5.91 Å². The van der Waals surface area contributed by atoms with Crippen molar-refractivity contribution in [2.45, 2.75) is 44.7 Å². The molecule has 0 aromatic heterocycles. The number of hydrogen-bond acceptors (Lipinski definition) is 2. The van der Waals surface area contributed by atoms with Crippen LogP contribution >= 0.6 is 12.4 Å². The highest BCUT2D eigenvalue weighted by molar-refractivity contribution is 5.85. The van der Waals surface area contributed by atoms with Crippen molar-refractivity contribution in [2.24, 2.45) is 5.73 Å². The number of piperidine rings is 1. The number of nitrogens with zero attached hydrogens (tertiary/aromatic N) is 1. The second-order valence-corrected chi connectivity index (χ2v) is 5.32. The summed E-state index contributed by atoms with van der Waals surface area (Å²) >= 11 is 0. The number of nitrogens with two attached hydrogens (primary N) is 1. The van der Waals surface area contributed by atoms with E-state index in [9.17, 15) is 9.18 Å². The molecular weight excluding hydrogens is 279 g/mol. The lowest BCUT2D eigenvalue weighted by Gasteiger charge is -2.38. The second-order valence-electron chi connectivity index (χ2n) is 5.32. The lowest BCUT2D eigenvalue weighted by molar-refractivity contribution is -0.134. The van der Waals surface area contributed by atoms with Crippen LogP contribution in [0.1, 0.15) is 31.7 Å². The van der Waals surface area contributed by atoms with E-state index in [1.807, 2.05) is 11.8 Å². The van der Waals surface area contributed by atoms with E-state index in [1.165, 1.54) is 12.1 Å². The number of benzene rings is 1. The highest BCUT2D eigenvalue weighted by atomic mass is 35.5. The molecule has 1 fully saturated rings. The van der Waals surface area contributed by atoms with Gasteiger partial charge in [-0.15, -0.1) is 12.4 Å². The molecule has 20 heavy (non-hydrogen) atoms. The zero-order valence-corrected chi connectivity index (χ0v) is 12.5. The molecule has 1 aliphatic rings. The molecule has 1 saturated heterocycles. The van der Waals surface area contributed by atoms with E-state index in [0.717, 1.165) is 31.4 Å². The molecule has 0 spiro atoms. The van der Waals surface area contributed by atoms with Gasteiger partial charge in [0.05, 0.1) is 6.42 Å². The maximum absolute atomic E-state index is 13.1. The van der Waals surface area contributed by atoms with E-state index in [-0.39, 0.29) is 42.6 Å². The minimum absolute atomic E-state index is 0. The second kappa shape index (κ2) is 7.60. The monoisotopic (exact) mass is 300 g/mol. The lowest BCUT2D eigenvalue weighted by Crippen LogP contribution is -2.52. The molecule has 0 saturated carbocycles. The smallest absolute Gasteiger partial charge is 0.227 e. The van der Waals surface area contributed by atoms with Gasteiger partial charge in [0.15, 0.2) is 0 Å². The van der Waals surface area contributed by atoms with Crippen LogP contribution in [0.25, 0.3) is 0 Å². The summed E-state index contributed by atoms with van der Waals surface area (Å²) in [7, 11) is 0. The average Bonchev–Trinajstić information content (AvgIpc) is 2.38. The molecule has 2 atom stereocenters. The third-order valence-corrected chi connectivity index (χ3v) is 3.72. The number of carbonyl (C=O) groups excluding carboxylic acids is 1. The van der Waals surface area contributed by atoms with Crippen LogP contribution in [0.3, 0.4) is 0 Å². The van der Waals surface area contributed by atoms with Crippen LogP contribution in [0.2, 0.25) is 0 Å². The van der Waals surface area contributed by atoms with Gasteiger partial charge in [-0.25, -0.2) is 4.39 Å². The largest absolute Gasteiger partial charge is 0.338 e. The number of rotatable bonds is 3. The van der Waals surface area contributed by atoms with Crippen molar-refractivity contribution in [1.82, 2.24) is 4.90 Å². The van der Waals surface area contributed by atoms with Crippen molar-refractivity contribution in [3.63, 3.8) is 0 Å². The van der Waals surface area contributed by atoms with Crippen LogP contribution in [0.5, 0.6) is 0 Å². The summed E-state index contributed by atoms with van der Waals surface area (Å²) in [6.45, 7) is 2.71. The normalized spacial score (nSPS) is 20.1. The van der Waals surface area contributed by atoms with Gasteiger partial charge in [-0.2, -0.15) is 0 Å². The fraction of sp³-hybridized carbons (Fsp3) is 0.533. The Kier molecular flexibility index (Phi) is 6.43. The summed E-state index contributed by atoms with van der Waals surface area (Å²) in [5.41, 5.74) is 6.68. The fourth-order valence-electron chi connectivity index (χ4n) is 2.74. The SMILES string of the molecule is CC(N)C1CCCCN1C(=O)Cc1cccc(F)c1.Cl. The van der Waals surface area contributed by atoms with E-state index in [1.54, 1.807) is 12.1 Å². The van der Waals surface area contributed by atoms with Crippen LogP contribution in [-0.2, 0) is 11.2 Å². The zero-order chi connectivity index (χ0) is 13.8. The van der Waals surface area contributed by atoms with Gasteiger partial charge in [-0.3, -0.25) is 4.79 Å². The van der Waals surface area contributed by atoms with Gasteiger partial charge in [0, 0.05) is 18.6 Å². The van der Waals surface area contributed by atoms with Crippen LogP contribution in [-0.4, -0.2) is 29.4 Å². The first-order chi connectivity index (χ1) is 9.08. The Balaban J connectivity index is 0.00000200. The summed E-state index contributed by atoms with van der Waals surface area (Å²) in [5, 5.41) is 0. The van der Waals surface area contributed by atoms with E-state index >= 15 is 0 Å². The molecule has 2 N–H and O–H groups in total. The third-order valence-electron chi connectivity index (χ3n) is 3.72. The van der Waals surface area contributed by atoms with Gasteiger partial charge < -0.3 is 10.6 Å². The van der Waals surface area contributed by atoms with Gasteiger partial charge >= 0.3 is 0 Å². The standard InChI is InChI=1S/C15H21FN2O.ClH/c1-11(17)14-7-2-3-8-18(14)15(19)10-12-5-4-6-13(16)9-12;/h4-6,9,11,14H,2-3,7-8,10,17H2,1H3;1H. The van der Waals surface area contributed by atoms with Gasteiger partial charge in [0.1, 0.15) is 5.82 Å². The van der Waals surface area contributed by atoms with Crippen LogP contribution in [0.4, 0.5) is 4.39 Å². The Bertz CT molecular complexity index is 453. The lowest BCUT2D eigenvalue weighted by atomic mass is 9.96. The van der Waals surface area contributed by atoms with E-state index in [4.69, 9.17) is 5.73 Å². The first-order valence-corrected chi connectivity index (χ1v) is 6.87. The summed E-state index contributed by atoms with van der Waals surface area (Å²) in [6, 6.07) is 6.33. The molecule has 0 bridgehead atoms. The summed E-state index contributed by atoms with van der Waals surface area (Å²) < 4.78 is 13.1. The van der Waals surface area contributed by atoms with Crippen molar-refractivity contribution in [3.8, 4) is 0 Å². The topological polar surface area (TPSA) is 46.3 Å². The minimum atomic E-state index is -0.298. The van der Waals surface area contributed by atoms with Gasteiger partial charge in [-0.1, -0.05) is 12.1 Å². The van der Waals surface area contributed by atoms with Crippen molar-refractivity contribution in [1.29, 1.82) is 0 Å². The number of hydrogen-bond donors (Lipinski definition) is 1. The minimum Gasteiger partial charge on any atom is -0.338 e. The quantitative estimate of drug-likeness (QED) is 0.932. The Morgan fingerprint density at radius 3 is 2.90 bits per heavy atom. The number of carbonyl (C=O) groups is 1. The van der Waals surface area contributed by atoms with Crippen LogP contribution < -0.4 is 5.73 Å². The maximum Gasteiger partial charge on any atom is 0.227 e. The van der Waals surface area contributed by atoms with Crippen molar-refractivity contribution in [3.05, 3.63) is 35.6 Å². The fourth-order valence-corrected chi connectivity index (χ4v) is 2.74. The number of likely N-dealkylation sites (tertiary alicyclic amines) is 1. The zero-order valence-electron chi connectivity index (χ0n) is 11.7. The highest BCUT2D eigenvalue weighted by Gasteiger charge is 2.28. The van der Waals surface area contributed by atoms with Gasteiger partial charge in [-0.05, 0) is 43.9 Å². The predicted octanol–water partition coefficient (Wildman–Crippen LogP) is 2.52. The van der Waals surface area contributed by atoms with Crippen LogP contribution in [0.15, 0.2) is 24.3 Å². The highest BCUT2D eigenvalue weighted by Crippen LogP contribution is 2.20. The first kappa shape index (κ1) is 16.9. The molecule has 1 aliphatic heterocycles. The Hall–Kier alpha value is -1.13. The molecule has 2 unspecified atom stereocenters. The molecule has 1 heterocycles. The Labute approximate surface area is 125 Å². The van der Waals surface area contributed by atoms with E-state index in [2.05, 4.69) is 0 Å². The third kappa shape index (κ3) is 4.18. The van der Waals surface area contributed by atoms with Crippen LogP contribution in [0, 0.1) is 5.82 Å². The molecule has 0 radical (unpaired) electrons. The molecule has 0 aliphatic carbocycles. The van der Waals surface area contributed by atoms with Crippen molar-refractivity contribution < 1.29 is 9.18 Å². The molecule has 5 heteroatoms. The maximum atomic E-state index is 13.1. The van der Waals surface area contributed by atoms with E-state index in [0.29, 0.717) is 0 Å². The summed E-state index contributed by atoms with van der Waals surface area (Å²) in [5.74, 6) is -0.250. The van der Waals surface area contributed by atoms with Crippen molar-refractivity contribution >= 4 is 18.3 Å². The molecule has 3 nitrogen and oxygen atoms in total. The molecule has 1 aromatic carbocycles.